The zero-order valence-electron chi connectivity index (χ0n) is 21.4. The molecule has 1 amide bonds. The van der Waals surface area contributed by atoms with Gasteiger partial charge in [0.2, 0.25) is 0 Å². The lowest BCUT2D eigenvalue weighted by atomic mass is 10.0. The number of pyridine rings is 1. The zero-order valence-corrected chi connectivity index (χ0v) is 21.4. The first-order valence-electron chi connectivity index (χ1n) is 11.8. The molecule has 4 rings (SSSR count). The Morgan fingerprint density at radius 1 is 0.944 bits per heavy atom. The number of aromatic nitrogens is 3. The van der Waals surface area contributed by atoms with E-state index in [-0.39, 0.29) is 24.6 Å². The maximum atomic E-state index is 12.9. The molecule has 0 spiro atoms. The van der Waals surface area contributed by atoms with E-state index in [0.717, 1.165) is 38.7 Å². The highest BCUT2D eigenvalue weighted by Crippen LogP contribution is 2.27. The molecule has 36 heavy (non-hydrogen) atoms. The molecule has 2 aromatic carbocycles. The lowest BCUT2D eigenvalue weighted by Gasteiger charge is -2.14. The first-order valence-corrected chi connectivity index (χ1v) is 11.8. The van der Waals surface area contributed by atoms with Crippen molar-refractivity contribution < 1.29 is 19.1 Å². The van der Waals surface area contributed by atoms with Crippen LogP contribution in [0.1, 0.15) is 45.1 Å². The van der Waals surface area contributed by atoms with Gasteiger partial charge in [0.25, 0.3) is 5.91 Å². The number of anilines is 1. The Labute approximate surface area is 210 Å². The number of fused-ring (bicyclic) bond motifs is 1. The first kappa shape index (κ1) is 24.9. The number of esters is 1. The van der Waals surface area contributed by atoms with Crippen LogP contribution in [0.5, 0.6) is 5.75 Å². The van der Waals surface area contributed by atoms with Crippen LogP contribution in [0.15, 0.2) is 42.6 Å². The molecule has 0 radical (unpaired) electrons. The number of nitrogens with one attached hydrogen (secondary N) is 1. The Balaban J connectivity index is 1.70. The number of nitrogens with zero attached hydrogens (tertiary/aromatic N) is 3. The van der Waals surface area contributed by atoms with Crippen LogP contribution in [0.25, 0.3) is 16.7 Å². The van der Waals surface area contributed by atoms with E-state index in [1.807, 2.05) is 58.9 Å². The Kier molecular flexibility index (Phi) is 7.05. The minimum Gasteiger partial charge on any atom is -0.483 e. The molecule has 8 heteroatoms. The van der Waals surface area contributed by atoms with Crippen LogP contribution in [-0.2, 0) is 9.53 Å². The summed E-state index contributed by atoms with van der Waals surface area (Å²) >= 11 is 0. The highest BCUT2D eigenvalue weighted by atomic mass is 16.5. The predicted molar refractivity (Wildman–Crippen MR) is 139 cm³/mol. The van der Waals surface area contributed by atoms with Crippen molar-refractivity contribution in [1.29, 1.82) is 0 Å². The van der Waals surface area contributed by atoms with Crippen LogP contribution in [0, 0.1) is 34.6 Å². The van der Waals surface area contributed by atoms with E-state index in [4.69, 9.17) is 14.5 Å². The number of rotatable bonds is 7. The molecule has 0 aliphatic heterocycles. The third-order valence-electron chi connectivity index (χ3n) is 5.87. The number of hydrogen-bond acceptors (Lipinski definition) is 6. The lowest BCUT2D eigenvalue weighted by Crippen LogP contribution is -2.24. The summed E-state index contributed by atoms with van der Waals surface area (Å²) in [6.07, 6.45) is 1.38. The molecule has 2 heterocycles. The highest BCUT2D eigenvalue weighted by Gasteiger charge is 2.23. The van der Waals surface area contributed by atoms with Gasteiger partial charge >= 0.3 is 5.97 Å². The molecule has 0 bridgehead atoms. The van der Waals surface area contributed by atoms with Gasteiger partial charge < -0.3 is 14.8 Å². The first-order chi connectivity index (χ1) is 17.2. The van der Waals surface area contributed by atoms with Gasteiger partial charge in [-0.05, 0) is 76.4 Å². The molecular weight excluding hydrogens is 456 g/mol. The van der Waals surface area contributed by atoms with Gasteiger partial charge in [-0.25, -0.2) is 9.78 Å². The van der Waals surface area contributed by atoms with E-state index in [1.165, 1.54) is 10.9 Å². The molecule has 0 saturated carbocycles. The minimum atomic E-state index is -0.585. The molecule has 0 aliphatic carbocycles. The SMILES string of the molecule is CCOC(=O)c1cnn(-c2cc(C)c3cc(C)cc(C)c3n2)c1NC(=O)COc1ccc(C)cc1C. The number of carbonyl (C=O) groups is 2. The fraction of sp³-hybridized carbons (Fsp3) is 0.286. The summed E-state index contributed by atoms with van der Waals surface area (Å²) in [7, 11) is 0. The summed E-state index contributed by atoms with van der Waals surface area (Å²) in [6.45, 7) is 11.6. The van der Waals surface area contributed by atoms with Crippen molar-refractivity contribution in [2.45, 2.75) is 41.5 Å². The fourth-order valence-electron chi connectivity index (χ4n) is 4.21. The molecule has 0 unspecified atom stereocenters. The van der Waals surface area contributed by atoms with Crippen LogP contribution in [0.2, 0.25) is 0 Å². The Morgan fingerprint density at radius 3 is 2.42 bits per heavy atom. The lowest BCUT2D eigenvalue weighted by molar-refractivity contribution is -0.118. The summed E-state index contributed by atoms with van der Waals surface area (Å²) in [6, 6.07) is 11.8. The van der Waals surface area contributed by atoms with Gasteiger partial charge in [-0.3, -0.25) is 4.79 Å². The van der Waals surface area contributed by atoms with Crippen LogP contribution >= 0.6 is 0 Å². The zero-order chi connectivity index (χ0) is 26.0. The van der Waals surface area contributed by atoms with E-state index in [0.29, 0.717) is 11.6 Å². The standard InChI is InChI=1S/C28H30N4O4/c1-7-35-28(34)22-14-29-32(24-13-18(4)21-12-17(3)11-20(6)26(21)30-24)27(22)31-25(33)15-36-23-9-8-16(2)10-19(23)5/h8-14H,7,15H2,1-6H3,(H,31,33). The number of hydrogen-bond donors (Lipinski definition) is 1. The second-order valence-electron chi connectivity index (χ2n) is 8.92. The van der Waals surface area contributed by atoms with E-state index < -0.39 is 11.9 Å². The average molecular weight is 487 g/mol. The molecule has 0 saturated heterocycles. The van der Waals surface area contributed by atoms with E-state index >= 15 is 0 Å². The van der Waals surface area contributed by atoms with Gasteiger partial charge in [0.15, 0.2) is 18.2 Å². The summed E-state index contributed by atoms with van der Waals surface area (Å²) in [4.78, 5) is 30.4. The number of ether oxygens (including phenoxy) is 2. The third-order valence-corrected chi connectivity index (χ3v) is 5.87. The Hall–Kier alpha value is -4.20. The van der Waals surface area contributed by atoms with Crippen molar-refractivity contribution in [2.24, 2.45) is 0 Å². The van der Waals surface area contributed by atoms with Gasteiger partial charge in [-0.1, -0.05) is 29.3 Å². The molecule has 0 fully saturated rings. The molecule has 0 atom stereocenters. The monoisotopic (exact) mass is 486 g/mol. The summed E-state index contributed by atoms with van der Waals surface area (Å²) < 4.78 is 12.4. The molecule has 2 aromatic heterocycles. The van der Waals surface area contributed by atoms with Gasteiger partial charge in [0.05, 0.1) is 18.3 Å². The van der Waals surface area contributed by atoms with Crippen LogP contribution in [-0.4, -0.2) is 39.9 Å². The van der Waals surface area contributed by atoms with E-state index in [2.05, 4.69) is 22.5 Å². The molecular formula is C28H30N4O4. The number of carbonyl (C=O) groups excluding carboxylic acids is 2. The molecule has 0 aliphatic rings. The second-order valence-corrected chi connectivity index (χ2v) is 8.92. The van der Waals surface area contributed by atoms with Gasteiger partial charge in [-0.2, -0.15) is 9.78 Å². The number of benzene rings is 2. The van der Waals surface area contributed by atoms with Gasteiger partial charge in [-0.15, -0.1) is 0 Å². The maximum Gasteiger partial charge on any atom is 0.343 e. The Bertz CT molecular complexity index is 1470. The van der Waals surface area contributed by atoms with Crippen LogP contribution in [0.3, 0.4) is 0 Å². The normalized spacial score (nSPS) is 10.9. The summed E-state index contributed by atoms with van der Waals surface area (Å²) in [5, 5.41) is 8.21. The minimum absolute atomic E-state index is 0.136. The van der Waals surface area contributed by atoms with Crippen molar-refractivity contribution in [3.05, 3.63) is 76.0 Å². The van der Waals surface area contributed by atoms with Crippen molar-refractivity contribution in [3.63, 3.8) is 0 Å². The topological polar surface area (TPSA) is 95.3 Å². The molecule has 8 nitrogen and oxygen atoms in total. The smallest absolute Gasteiger partial charge is 0.343 e. The van der Waals surface area contributed by atoms with Gasteiger partial charge in [0, 0.05) is 5.39 Å². The summed E-state index contributed by atoms with van der Waals surface area (Å²) in [5.74, 6) is 0.254. The van der Waals surface area contributed by atoms with Crippen LogP contribution in [0.4, 0.5) is 5.82 Å². The van der Waals surface area contributed by atoms with Crippen molar-refractivity contribution in [2.75, 3.05) is 18.5 Å². The number of amides is 1. The molecule has 186 valence electrons. The van der Waals surface area contributed by atoms with Crippen molar-refractivity contribution in [1.82, 2.24) is 14.8 Å². The highest BCUT2D eigenvalue weighted by molar-refractivity contribution is 6.01. The Morgan fingerprint density at radius 2 is 1.69 bits per heavy atom. The van der Waals surface area contributed by atoms with Crippen molar-refractivity contribution in [3.8, 4) is 11.6 Å². The number of aryl methyl sites for hydroxylation is 5. The second kappa shape index (κ2) is 10.2. The van der Waals surface area contributed by atoms with Crippen molar-refractivity contribution >= 4 is 28.6 Å². The average Bonchev–Trinajstić information content (AvgIpc) is 3.22. The maximum absolute atomic E-state index is 12.9. The molecule has 4 aromatic rings. The van der Waals surface area contributed by atoms with Crippen LogP contribution < -0.4 is 10.1 Å². The fourth-order valence-corrected chi connectivity index (χ4v) is 4.21. The van der Waals surface area contributed by atoms with E-state index in [9.17, 15) is 9.59 Å². The summed E-state index contributed by atoms with van der Waals surface area (Å²) in [5.41, 5.74) is 6.19. The van der Waals surface area contributed by atoms with Gasteiger partial charge in [0.1, 0.15) is 11.3 Å². The third kappa shape index (κ3) is 5.07. The molecule has 1 N–H and O–H groups in total. The van der Waals surface area contributed by atoms with E-state index in [1.54, 1.807) is 6.92 Å². The largest absolute Gasteiger partial charge is 0.483 e. The predicted octanol–water partition coefficient (Wildman–Crippen LogP) is 5.16. The quantitative estimate of drug-likeness (QED) is 0.363.